The number of anilines is 8. The van der Waals surface area contributed by atoms with Gasteiger partial charge in [0.2, 0.25) is 0 Å². The van der Waals surface area contributed by atoms with Crippen molar-refractivity contribution in [1.82, 2.24) is 18.3 Å². The summed E-state index contributed by atoms with van der Waals surface area (Å²) in [4.78, 5) is 9.02. The van der Waals surface area contributed by atoms with Crippen molar-refractivity contribution in [3.8, 4) is 45.0 Å². The molecule has 0 spiro atoms. The van der Waals surface area contributed by atoms with E-state index in [2.05, 4.69) is 552 Å². The predicted octanol–water partition coefficient (Wildman–Crippen LogP) is 34.3. The van der Waals surface area contributed by atoms with E-state index in [1.165, 1.54) is 218 Å². The van der Waals surface area contributed by atoms with Crippen molar-refractivity contribution >= 4 is 133 Å². The van der Waals surface area contributed by atoms with Crippen LogP contribution in [-0.4, -0.2) is 46.5 Å². The molecule has 0 bridgehead atoms. The second-order valence-electron chi connectivity index (χ2n) is 37.8. The Bertz CT molecular complexity index is 8000. The highest BCUT2D eigenvalue weighted by Crippen LogP contribution is 2.51. The van der Waals surface area contributed by atoms with Gasteiger partial charge in [-0.25, -0.2) is 0 Å². The van der Waals surface area contributed by atoms with Crippen LogP contribution in [0.15, 0.2) is 431 Å². The summed E-state index contributed by atoms with van der Waals surface area (Å²) in [6.07, 6.45) is 4.72. The third-order valence-electron chi connectivity index (χ3n) is 28.0. The molecule has 4 aromatic heterocycles. The van der Waals surface area contributed by atoms with E-state index >= 15 is 0 Å². The first-order chi connectivity index (χ1) is 65.9. The van der Waals surface area contributed by atoms with Gasteiger partial charge in [-0.15, -0.1) is 0 Å². The average molecular weight is 1750 g/mol. The van der Waals surface area contributed by atoms with Crippen LogP contribution in [0.4, 0.5) is 45.5 Å². The Morgan fingerprint density at radius 1 is 0.267 bits per heavy atom. The van der Waals surface area contributed by atoms with Crippen molar-refractivity contribution in [1.29, 1.82) is 0 Å². The second-order valence-corrected chi connectivity index (χ2v) is 37.8. The van der Waals surface area contributed by atoms with Crippen LogP contribution in [0.5, 0.6) is 0 Å². The van der Waals surface area contributed by atoms with Crippen LogP contribution >= 0.6 is 0 Å². The molecule has 0 N–H and O–H groups in total. The van der Waals surface area contributed by atoms with Crippen molar-refractivity contribution in [3.63, 3.8) is 0 Å². The van der Waals surface area contributed by atoms with Crippen molar-refractivity contribution in [2.75, 3.05) is 47.8 Å². The van der Waals surface area contributed by atoms with Crippen LogP contribution in [0.1, 0.15) is 108 Å². The number of unbranched alkanes of at least 4 members (excludes halogenated alkanes) is 1. The van der Waals surface area contributed by atoms with Crippen LogP contribution in [-0.2, 0) is 17.3 Å². The number of aryl methyl sites for hydroxylation is 1. The molecule has 23 rings (SSSR count). The number of aromatic nitrogens is 4. The van der Waals surface area contributed by atoms with Crippen LogP contribution in [0.2, 0.25) is 0 Å². The molecule has 1 atom stereocenters. The Balaban J connectivity index is 0.000000113. The summed E-state index contributed by atoms with van der Waals surface area (Å²) in [5.41, 5.74) is 36.5. The monoisotopic (exact) mass is 1750 g/mol. The molecule has 18 aromatic carbocycles. The van der Waals surface area contributed by atoms with Gasteiger partial charge in [-0.1, -0.05) is 268 Å². The standard InChI is InChI=1S/C40H32N2.3C29H28N2/c1-40(2)36-17-11-10-16-32(36)33-21-18-28(25-37(33)40)27-19-22-38-34(24-27)35-26-31(41(3)29-12-6-4-7-13-29)20-23-39(35)42(38)30-14-8-5-9-15-30;1-29(2,3)21-15-17-27-25(19-21)26-20-24(30(4)22-11-7-5-8-12-22)16-18-28(26)31(27)23-13-9-6-10-14-23;1-4-21(2)22-15-17-28-26(19-22)27-20-25(30(3)23-11-7-5-8-12-23)16-18-29(27)31(28)24-13-9-6-10-14-24;1-3-4-11-22-16-18-28-26(20-22)27-21-25(30(2)23-12-7-5-8-13-23)17-19-29(27)31(28)24-14-9-6-10-15-24/h4-26H,1-3H3;5-20H,1-4H3;5-21H,4H2,1-3H3;5-10,12-21H,3-4,11H2,1-2H3. The van der Waals surface area contributed by atoms with Crippen LogP contribution in [0, 0.1) is 0 Å². The van der Waals surface area contributed by atoms with Crippen LogP contribution in [0.25, 0.3) is 132 Å². The first-order valence-electron chi connectivity index (χ1n) is 47.8. The van der Waals surface area contributed by atoms with E-state index in [1.807, 2.05) is 0 Å². The molecular formula is C127H116N8. The zero-order chi connectivity index (χ0) is 92.6. The quantitative estimate of drug-likeness (QED) is 0.0857. The molecule has 135 heavy (non-hydrogen) atoms. The summed E-state index contributed by atoms with van der Waals surface area (Å²) in [5, 5.41) is 10.3. The summed E-state index contributed by atoms with van der Waals surface area (Å²) in [6, 6.07) is 156. The minimum absolute atomic E-state index is 0.0215. The van der Waals surface area contributed by atoms with Gasteiger partial charge < -0.3 is 37.9 Å². The van der Waals surface area contributed by atoms with Gasteiger partial charge in [-0.2, -0.15) is 0 Å². The Hall–Kier alpha value is -15.6. The van der Waals surface area contributed by atoms with Crippen molar-refractivity contribution in [2.24, 2.45) is 0 Å². The number of hydrogen-bond donors (Lipinski definition) is 0. The maximum atomic E-state index is 2.42. The molecule has 0 fully saturated rings. The Kier molecular flexibility index (Phi) is 24.1. The smallest absolute Gasteiger partial charge is 0.0542 e. The molecule has 0 saturated heterocycles. The van der Waals surface area contributed by atoms with Gasteiger partial charge in [0.15, 0.2) is 0 Å². The largest absolute Gasteiger partial charge is 0.345 e. The lowest BCUT2D eigenvalue weighted by Gasteiger charge is -2.22. The molecule has 664 valence electrons. The van der Waals surface area contributed by atoms with E-state index in [9.17, 15) is 0 Å². The maximum absolute atomic E-state index is 2.42. The fraction of sp³-hybridized carbons (Fsp3) is 0.150. The number of rotatable bonds is 18. The van der Waals surface area contributed by atoms with Gasteiger partial charge in [0.1, 0.15) is 0 Å². The van der Waals surface area contributed by atoms with Gasteiger partial charge in [0.05, 0.1) is 44.1 Å². The first-order valence-corrected chi connectivity index (χ1v) is 47.8. The highest BCUT2D eigenvalue weighted by Gasteiger charge is 2.36. The molecule has 0 aliphatic heterocycles. The van der Waals surface area contributed by atoms with Gasteiger partial charge in [-0.3, -0.25) is 0 Å². The molecule has 1 unspecified atom stereocenters. The minimum Gasteiger partial charge on any atom is -0.345 e. The molecule has 0 amide bonds. The predicted molar refractivity (Wildman–Crippen MR) is 580 cm³/mol. The van der Waals surface area contributed by atoms with Crippen molar-refractivity contribution < 1.29 is 0 Å². The van der Waals surface area contributed by atoms with Crippen molar-refractivity contribution in [3.05, 3.63) is 459 Å². The molecule has 4 heterocycles. The Morgan fingerprint density at radius 3 is 0.941 bits per heavy atom. The third-order valence-corrected chi connectivity index (χ3v) is 28.0. The lowest BCUT2D eigenvalue weighted by atomic mass is 9.81. The van der Waals surface area contributed by atoms with E-state index in [4.69, 9.17) is 0 Å². The highest BCUT2D eigenvalue weighted by atomic mass is 15.1. The fourth-order valence-corrected chi connectivity index (χ4v) is 20.2. The summed E-state index contributed by atoms with van der Waals surface area (Å²) >= 11 is 0. The Morgan fingerprint density at radius 2 is 0.563 bits per heavy atom. The normalized spacial score (nSPS) is 12.3. The van der Waals surface area contributed by atoms with E-state index in [0.29, 0.717) is 5.92 Å². The van der Waals surface area contributed by atoms with E-state index in [1.54, 1.807) is 0 Å². The number of hydrogen-bond acceptors (Lipinski definition) is 4. The molecule has 1 aliphatic rings. The molecule has 8 heteroatoms. The zero-order valence-electron chi connectivity index (χ0n) is 79.5. The third kappa shape index (κ3) is 16.9. The number of fused-ring (bicyclic) bond motifs is 15. The lowest BCUT2D eigenvalue weighted by Crippen LogP contribution is -2.14. The molecule has 0 radical (unpaired) electrons. The van der Waals surface area contributed by atoms with Crippen LogP contribution in [0.3, 0.4) is 0 Å². The fourth-order valence-electron chi connectivity index (χ4n) is 20.2. The minimum atomic E-state index is -0.0215. The number of nitrogens with zero attached hydrogens (tertiary/aromatic N) is 8. The van der Waals surface area contributed by atoms with Crippen molar-refractivity contribution in [2.45, 2.75) is 97.8 Å². The van der Waals surface area contributed by atoms with E-state index < -0.39 is 0 Å². The van der Waals surface area contributed by atoms with Gasteiger partial charge >= 0.3 is 0 Å². The maximum Gasteiger partial charge on any atom is 0.0542 e. The van der Waals surface area contributed by atoms with E-state index in [0.717, 1.165) is 12.8 Å². The van der Waals surface area contributed by atoms with E-state index in [-0.39, 0.29) is 10.8 Å². The topological polar surface area (TPSA) is 32.7 Å². The molecule has 8 nitrogen and oxygen atoms in total. The number of benzene rings is 18. The van der Waals surface area contributed by atoms with Gasteiger partial charge in [0.25, 0.3) is 0 Å². The first kappa shape index (κ1) is 87.3. The molecular weight excluding hydrogens is 1640 g/mol. The highest BCUT2D eigenvalue weighted by molar-refractivity contribution is 6.15. The molecule has 0 saturated carbocycles. The SMILES string of the molecule is CCC(C)c1ccc2c(c1)c1cc(N(C)c3ccccc3)ccc1n2-c1ccccc1.CCCCc1ccc2c(c1)c1cc(N(C)c3ccccc3)ccc1n2-c1ccccc1.CN(c1ccccc1)c1ccc2c(c1)c1cc(-c3ccc4c(c3)C(C)(C)c3ccccc3-4)ccc1n2-c1ccccc1.CN(c1ccccc1)c1ccc2c(c1)c1cc(C(C)(C)C)ccc1n2-c1ccccc1. The average Bonchev–Trinajstić information content (AvgIpc) is 1.58. The molecule has 1 aliphatic carbocycles. The number of para-hydroxylation sites is 8. The van der Waals surface area contributed by atoms with Gasteiger partial charge in [-0.05, 0) is 305 Å². The van der Waals surface area contributed by atoms with Crippen LogP contribution < -0.4 is 19.6 Å². The zero-order valence-corrected chi connectivity index (χ0v) is 79.5. The second kappa shape index (κ2) is 37.2. The summed E-state index contributed by atoms with van der Waals surface area (Å²) in [6.45, 7) is 18.4. The molecule has 22 aromatic rings. The lowest BCUT2D eigenvalue weighted by molar-refractivity contribution is 0.591. The van der Waals surface area contributed by atoms with Gasteiger partial charge in [0, 0.05) is 145 Å². The summed E-state index contributed by atoms with van der Waals surface area (Å²) in [5.74, 6) is 0.551. The Labute approximate surface area is 794 Å². The summed E-state index contributed by atoms with van der Waals surface area (Å²) < 4.78 is 9.55. The summed E-state index contributed by atoms with van der Waals surface area (Å²) in [7, 11) is 8.55.